The number of rotatable bonds is 9. The maximum atomic E-state index is 12.6. The van der Waals surface area contributed by atoms with Crippen molar-refractivity contribution < 1.29 is 26.6 Å². The first-order chi connectivity index (χ1) is 14.8. The number of nitro groups is 1. The molecule has 0 saturated heterocycles. The molecule has 1 unspecified atom stereocenters. The molecule has 0 bridgehead atoms. The van der Waals surface area contributed by atoms with Crippen LogP contribution in [-0.4, -0.2) is 51.3 Å². The van der Waals surface area contributed by atoms with Crippen LogP contribution in [0.4, 0.5) is 5.69 Å². The van der Waals surface area contributed by atoms with E-state index in [0.717, 1.165) is 24.5 Å². The Labute approximate surface area is 187 Å². The van der Waals surface area contributed by atoms with Crippen molar-refractivity contribution in [3.8, 4) is 0 Å². The summed E-state index contributed by atoms with van der Waals surface area (Å²) in [5.41, 5.74) is -0.0884. The molecule has 10 nitrogen and oxygen atoms in total. The zero-order valence-corrected chi connectivity index (χ0v) is 19.7. The minimum absolute atomic E-state index is 0.125. The van der Waals surface area contributed by atoms with E-state index in [2.05, 4.69) is 5.32 Å². The molecule has 1 amide bonds. The van der Waals surface area contributed by atoms with Gasteiger partial charge in [0, 0.05) is 37.0 Å². The van der Waals surface area contributed by atoms with Gasteiger partial charge in [-0.15, -0.1) is 0 Å². The first-order valence-corrected chi connectivity index (χ1v) is 13.0. The van der Waals surface area contributed by atoms with E-state index in [1.54, 1.807) is 32.9 Å². The van der Waals surface area contributed by atoms with E-state index >= 15 is 0 Å². The lowest BCUT2D eigenvalue weighted by Gasteiger charge is -2.19. The van der Waals surface area contributed by atoms with Gasteiger partial charge in [0.25, 0.3) is 11.6 Å². The lowest BCUT2D eigenvalue weighted by molar-refractivity contribution is -0.385. The molecule has 174 valence electrons. The van der Waals surface area contributed by atoms with E-state index in [9.17, 15) is 31.7 Å². The second-order valence-corrected chi connectivity index (χ2v) is 11.1. The third-order valence-electron chi connectivity index (χ3n) is 4.86. The number of carbonyl (C=O) groups excluding carboxylic acids is 1. The lowest BCUT2D eigenvalue weighted by Crippen LogP contribution is -2.30. The van der Waals surface area contributed by atoms with Gasteiger partial charge in [-0.1, -0.05) is 26.0 Å². The Balaban J connectivity index is 2.28. The van der Waals surface area contributed by atoms with E-state index in [1.165, 1.54) is 16.4 Å². The largest absolute Gasteiger partial charge is 0.346 e. The highest BCUT2D eigenvalue weighted by molar-refractivity contribution is 7.90. The fourth-order valence-corrected chi connectivity index (χ4v) is 5.17. The molecule has 0 spiro atoms. The second kappa shape index (κ2) is 9.76. The summed E-state index contributed by atoms with van der Waals surface area (Å²) < 4.78 is 50.2. The number of hydrogen-bond donors (Lipinski definition) is 1. The molecule has 2 aromatic rings. The van der Waals surface area contributed by atoms with E-state index < -0.39 is 42.4 Å². The maximum absolute atomic E-state index is 12.6. The van der Waals surface area contributed by atoms with Crippen molar-refractivity contribution in [3.05, 3.63) is 63.7 Å². The van der Waals surface area contributed by atoms with Crippen molar-refractivity contribution >= 4 is 31.5 Å². The van der Waals surface area contributed by atoms with Crippen LogP contribution in [0, 0.1) is 10.1 Å². The molecule has 12 heteroatoms. The highest BCUT2D eigenvalue weighted by Gasteiger charge is 2.23. The zero-order chi connectivity index (χ0) is 24.3. The number of amides is 1. The molecule has 2 aromatic carbocycles. The quantitative estimate of drug-likeness (QED) is 0.426. The summed E-state index contributed by atoms with van der Waals surface area (Å²) in [6, 6.07) is 8.41. The first kappa shape index (κ1) is 25.4. The van der Waals surface area contributed by atoms with Crippen molar-refractivity contribution in [1.29, 1.82) is 0 Å². The molecule has 0 aliphatic heterocycles. The molecular weight excluding hydrogens is 458 g/mol. The monoisotopic (exact) mass is 483 g/mol. The lowest BCUT2D eigenvalue weighted by atomic mass is 10.1. The molecule has 2 rings (SSSR count). The van der Waals surface area contributed by atoms with Crippen molar-refractivity contribution in [3.63, 3.8) is 0 Å². The standard InChI is InChI=1S/C20H25N3O7S2/c1-5-22(6-2)32(29,30)18-9-7-15(8-10-18)14(3)21-20(24)16-11-17(23(25)26)13-19(12-16)31(4,27)28/h7-14H,5-6H2,1-4H3,(H,21,24). The third-order valence-corrected chi connectivity index (χ3v) is 8.02. The van der Waals surface area contributed by atoms with Crippen molar-refractivity contribution in [2.45, 2.75) is 36.6 Å². The van der Waals surface area contributed by atoms with Crippen LogP contribution in [0.15, 0.2) is 52.3 Å². The van der Waals surface area contributed by atoms with Gasteiger partial charge in [-0.2, -0.15) is 4.31 Å². The van der Waals surface area contributed by atoms with Crippen LogP contribution < -0.4 is 5.32 Å². The van der Waals surface area contributed by atoms with Gasteiger partial charge in [-0.25, -0.2) is 16.8 Å². The Morgan fingerprint density at radius 2 is 1.59 bits per heavy atom. The molecule has 1 N–H and O–H groups in total. The summed E-state index contributed by atoms with van der Waals surface area (Å²) in [5, 5.41) is 13.8. The number of sulfone groups is 1. The van der Waals surface area contributed by atoms with Gasteiger partial charge in [0.15, 0.2) is 9.84 Å². The number of non-ortho nitro benzene ring substituents is 1. The summed E-state index contributed by atoms with van der Waals surface area (Å²) >= 11 is 0. The number of nitrogens with zero attached hydrogens (tertiary/aromatic N) is 2. The predicted octanol–water partition coefficient (Wildman–Crippen LogP) is 2.52. The summed E-state index contributed by atoms with van der Waals surface area (Å²) in [5.74, 6) is -0.703. The van der Waals surface area contributed by atoms with Crippen molar-refractivity contribution in [2.75, 3.05) is 19.3 Å². The fourth-order valence-electron chi connectivity index (χ4n) is 3.04. The molecule has 0 fully saturated rings. The summed E-state index contributed by atoms with van der Waals surface area (Å²) in [4.78, 5) is 22.8. The fraction of sp³-hybridized carbons (Fsp3) is 0.350. The third kappa shape index (κ3) is 5.69. The highest BCUT2D eigenvalue weighted by Crippen LogP contribution is 2.23. The Bertz CT molecular complexity index is 1220. The van der Waals surface area contributed by atoms with Crippen LogP contribution in [0.1, 0.15) is 42.7 Å². The van der Waals surface area contributed by atoms with Crippen LogP contribution in [0.3, 0.4) is 0 Å². The van der Waals surface area contributed by atoms with E-state index in [-0.39, 0.29) is 15.4 Å². The van der Waals surface area contributed by atoms with Gasteiger partial charge in [0.2, 0.25) is 10.0 Å². The average molecular weight is 484 g/mol. The van der Waals surface area contributed by atoms with Crippen LogP contribution in [0.25, 0.3) is 0 Å². The Morgan fingerprint density at radius 1 is 1.03 bits per heavy atom. The predicted molar refractivity (Wildman–Crippen MR) is 119 cm³/mol. The van der Waals surface area contributed by atoms with Crippen LogP contribution in [-0.2, 0) is 19.9 Å². The molecule has 0 aliphatic rings. The van der Waals surface area contributed by atoms with Gasteiger partial charge in [0.05, 0.1) is 20.8 Å². The van der Waals surface area contributed by atoms with E-state index in [0.29, 0.717) is 18.7 Å². The smallest absolute Gasteiger partial charge is 0.271 e. The normalized spacial score (nSPS) is 13.0. The van der Waals surface area contributed by atoms with Gasteiger partial charge in [0.1, 0.15) is 0 Å². The first-order valence-electron chi connectivity index (χ1n) is 9.71. The molecule has 0 aromatic heterocycles. The second-order valence-electron chi connectivity index (χ2n) is 7.10. The van der Waals surface area contributed by atoms with Crippen molar-refractivity contribution in [1.82, 2.24) is 9.62 Å². The van der Waals surface area contributed by atoms with Gasteiger partial charge >= 0.3 is 0 Å². The molecule has 32 heavy (non-hydrogen) atoms. The van der Waals surface area contributed by atoms with Crippen LogP contribution in [0.2, 0.25) is 0 Å². The molecular formula is C20H25N3O7S2. The minimum atomic E-state index is -3.77. The highest BCUT2D eigenvalue weighted by atomic mass is 32.2. The zero-order valence-electron chi connectivity index (χ0n) is 18.1. The van der Waals surface area contributed by atoms with Gasteiger partial charge < -0.3 is 5.32 Å². The van der Waals surface area contributed by atoms with Gasteiger partial charge in [-0.05, 0) is 30.7 Å². The number of hydrogen-bond acceptors (Lipinski definition) is 7. The Morgan fingerprint density at radius 3 is 2.06 bits per heavy atom. The Kier molecular flexibility index (Phi) is 7.75. The number of nitro benzene ring substituents is 1. The Hall–Kier alpha value is -2.83. The molecule has 0 saturated carbocycles. The maximum Gasteiger partial charge on any atom is 0.271 e. The average Bonchev–Trinajstić information content (AvgIpc) is 2.73. The molecule has 0 aliphatic carbocycles. The minimum Gasteiger partial charge on any atom is -0.346 e. The summed E-state index contributed by atoms with van der Waals surface area (Å²) in [6.07, 6.45) is 0.893. The van der Waals surface area contributed by atoms with Crippen molar-refractivity contribution in [2.24, 2.45) is 0 Å². The molecule has 0 heterocycles. The summed E-state index contributed by atoms with van der Waals surface area (Å²) in [7, 11) is -7.39. The van der Waals surface area contributed by atoms with Crippen LogP contribution >= 0.6 is 0 Å². The number of nitrogens with one attached hydrogen (secondary N) is 1. The number of benzene rings is 2. The van der Waals surface area contributed by atoms with E-state index in [4.69, 9.17) is 0 Å². The number of sulfonamides is 1. The van der Waals surface area contributed by atoms with Gasteiger partial charge in [-0.3, -0.25) is 14.9 Å². The number of carbonyl (C=O) groups is 1. The SMILES string of the molecule is CCN(CC)S(=O)(=O)c1ccc(C(C)NC(=O)c2cc([N+](=O)[O-])cc(S(C)(=O)=O)c2)cc1. The summed E-state index contributed by atoms with van der Waals surface area (Å²) in [6.45, 7) is 5.82. The molecule has 1 atom stereocenters. The molecule has 0 radical (unpaired) electrons. The van der Waals surface area contributed by atoms with Crippen LogP contribution in [0.5, 0.6) is 0 Å². The topological polar surface area (TPSA) is 144 Å². The van der Waals surface area contributed by atoms with E-state index in [1.807, 2.05) is 0 Å².